The summed E-state index contributed by atoms with van der Waals surface area (Å²) in [4.78, 5) is 73.7. The Morgan fingerprint density at radius 2 is 1.61 bits per heavy atom. The van der Waals surface area contributed by atoms with Gasteiger partial charge in [-0.05, 0) is 105 Å². The molecule has 66 heavy (non-hydrogen) atoms. The van der Waals surface area contributed by atoms with Crippen LogP contribution in [0.1, 0.15) is 77.3 Å². The van der Waals surface area contributed by atoms with Gasteiger partial charge in [-0.1, -0.05) is 43.1 Å². The van der Waals surface area contributed by atoms with Gasteiger partial charge in [0.2, 0.25) is 5.79 Å². The Kier molecular flexibility index (Phi) is 18.6. The molecule has 3 aromatic rings. The van der Waals surface area contributed by atoms with Crippen LogP contribution in [0.15, 0.2) is 76.8 Å². The Balaban J connectivity index is 0.000000237. The maximum atomic E-state index is 12.7. The topological polar surface area (TPSA) is 234 Å². The fourth-order valence-corrected chi connectivity index (χ4v) is 8.27. The largest absolute Gasteiger partial charge is 0.480 e. The van der Waals surface area contributed by atoms with E-state index >= 15 is 0 Å². The number of hydrogen-bond acceptors (Lipinski definition) is 12. The first-order valence-corrected chi connectivity index (χ1v) is 23.9. The van der Waals surface area contributed by atoms with Gasteiger partial charge in [0.25, 0.3) is 11.8 Å². The number of carboxylic acid groups (broad SMARTS) is 1. The number of nitrogens with one attached hydrogen (secondary N) is 1. The average molecular weight is 976 g/mol. The number of halogens is 2. The molecule has 6 rings (SSSR count). The predicted octanol–water partition coefficient (Wildman–Crippen LogP) is 8.84. The number of hydrogen-bond donors (Lipinski definition) is 4. The van der Waals surface area contributed by atoms with E-state index in [1.165, 1.54) is 31.8 Å². The number of methoxy groups -OCH3 is 1. The lowest BCUT2D eigenvalue weighted by Crippen LogP contribution is -2.45. The second-order valence-electron chi connectivity index (χ2n) is 16.4. The van der Waals surface area contributed by atoms with E-state index in [0.717, 1.165) is 35.6 Å². The van der Waals surface area contributed by atoms with Crippen LogP contribution in [-0.2, 0) is 43.5 Å². The molecular weight excluding hydrogens is 918 g/mol. The number of esters is 1. The first-order valence-electron chi connectivity index (χ1n) is 20.9. The van der Waals surface area contributed by atoms with Gasteiger partial charge in [0.1, 0.15) is 28.3 Å². The van der Waals surface area contributed by atoms with Crippen LogP contribution in [0.5, 0.6) is 17.2 Å². The number of imide groups is 1. The summed E-state index contributed by atoms with van der Waals surface area (Å²) in [6, 6.07) is 16.3. The molecule has 358 valence electrons. The molecule has 0 fully saturated rings. The molecule has 0 saturated carbocycles. The number of urea groups is 1. The molecule has 0 radical (unpaired) electrons. The van der Waals surface area contributed by atoms with Crippen molar-refractivity contribution < 1.29 is 62.3 Å². The number of anilines is 2. The zero-order valence-electron chi connectivity index (χ0n) is 38.1. The molecule has 3 aliphatic rings. The molecule has 0 spiro atoms. The minimum absolute atomic E-state index is 0.0412. The fraction of sp³-hybridized carbons (Fsp3) is 0.413. The van der Waals surface area contributed by atoms with E-state index in [9.17, 15) is 28.5 Å². The minimum Gasteiger partial charge on any atom is -0.480 e. The lowest BCUT2D eigenvalue weighted by atomic mass is 9.76. The van der Waals surface area contributed by atoms with Crippen LogP contribution in [0.4, 0.5) is 16.2 Å². The van der Waals surface area contributed by atoms with E-state index in [1.807, 2.05) is 25.1 Å². The molecule has 0 saturated heterocycles. The molecule has 0 aromatic heterocycles. The zero-order valence-corrected chi connectivity index (χ0v) is 40.6. The first kappa shape index (κ1) is 53.4. The Morgan fingerprint density at radius 3 is 2.15 bits per heavy atom. The van der Waals surface area contributed by atoms with Crippen molar-refractivity contribution in [3.63, 3.8) is 0 Å². The highest BCUT2D eigenvalue weighted by Crippen LogP contribution is 2.47. The van der Waals surface area contributed by atoms with Gasteiger partial charge in [0, 0.05) is 73.8 Å². The zero-order chi connectivity index (χ0) is 49.1. The minimum atomic E-state index is -3.10. The second-order valence-corrected chi connectivity index (χ2v) is 19.8. The van der Waals surface area contributed by atoms with E-state index in [2.05, 4.69) is 19.2 Å². The van der Waals surface area contributed by atoms with Gasteiger partial charge in [0.15, 0.2) is 7.37 Å². The lowest BCUT2D eigenvalue weighted by Gasteiger charge is -2.43. The lowest BCUT2D eigenvalue weighted by molar-refractivity contribution is -0.172. The summed E-state index contributed by atoms with van der Waals surface area (Å²) in [5.41, 5.74) is 8.82. The second kappa shape index (κ2) is 23.0. The molecule has 1 aliphatic carbocycles. The van der Waals surface area contributed by atoms with Gasteiger partial charge in [0.05, 0.1) is 19.4 Å². The van der Waals surface area contributed by atoms with Crippen molar-refractivity contribution in [3.8, 4) is 17.2 Å². The van der Waals surface area contributed by atoms with Gasteiger partial charge >= 0.3 is 18.0 Å². The highest BCUT2D eigenvalue weighted by atomic mass is 35.5. The van der Waals surface area contributed by atoms with E-state index in [4.69, 9.17) is 62.7 Å². The maximum Gasteiger partial charge on any atom is 0.349 e. The SMILES string of the molecule is CCOC(=O)/C(Cl)=C/c1cc(N2C(=O)C3=C(CCCC3)C2=O)ccc1Cl.CON(C)C(=O)Nc1ccc(Oc2ccc3c(c2)OC(C)(OC)CC3(C)C)cc1.CP(=O)(O)CCC(N)C(=O)O. The van der Waals surface area contributed by atoms with Crippen LogP contribution in [0.3, 0.4) is 0 Å². The molecule has 3 atom stereocenters. The van der Waals surface area contributed by atoms with E-state index < -0.39 is 31.1 Å². The third kappa shape index (κ3) is 14.4. The van der Waals surface area contributed by atoms with Gasteiger partial charge in [-0.15, -0.1) is 0 Å². The molecule has 2 heterocycles. The number of ether oxygens (including phenoxy) is 4. The third-order valence-corrected chi connectivity index (χ3v) is 12.4. The van der Waals surface area contributed by atoms with Crippen molar-refractivity contribution in [3.05, 3.63) is 93.0 Å². The summed E-state index contributed by atoms with van der Waals surface area (Å²) < 4.78 is 33.2. The number of carboxylic acids is 1. The van der Waals surface area contributed by atoms with Crippen LogP contribution >= 0.6 is 30.6 Å². The molecule has 0 bridgehead atoms. The smallest absolute Gasteiger partial charge is 0.349 e. The van der Waals surface area contributed by atoms with Crippen LogP contribution < -0.4 is 25.4 Å². The average Bonchev–Trinajstić information content (AvgIpc) is 3.52. The molecule has 20 heteroatoms. The summed E-state index contributed by atoms with van der Waals surface area (Å²) in [7, 11) is 1.51. The number of rotatable bonds is 13. The van der Waals surface area contributed by atoms with Gasteiger partial charge < -0.3 is 40.0 Å². The Labute approximate surface area is 394 Å². The number of amides is 4. The summed E-state index contributed by atoms with van der Waals surface area (Å²) in [6.07, 6.45) is 5.21. The van der Waals surface area contributed by atoms with Crippen molar-refractivity contribution in [2.45, 2.75) is 83.5 Å². The highest BCUT2D eigenvalue weighted by Gasteiger charge is 2.42. The van der Waals surface area contributed by atoms with Crippen molar-refractivity contribution >= 4 is 77.8 Å². The van der Waals surface area contributed by atoms with Crippen molar-refractivity contribution in [1.29, 1.82) is 0 Å². The van der Waals surface area contributed by atoms with E-state index in [1.54, 1.807) is 56.5 Å². The fourth-order valence-electron chi connectivity index (χ4n) is 7.17. The van der Waals surface area contributed by atoms with E-state index in [-0.39, 0.29) is 47.5 Å². The number of hydroxylamine groups is 2. The number of carbonyl (C=O) groups is 5. The number of nitrogens with zero attached hydrogens (tertiary/aromatic N) is 2. The van der Waals surface area contributed by atoms with Crippen LogP contribution in [0.2, 0.25) is 5.02 Å². The van der Waals surface area contributed by atoms with Crippen molar-refractivity contribution in [1.82, 2.24) is 5.06 Å². The summed E-state index contributed by atoms with van der Waals surface area (Å²) in [6.45, 7) is 9.36. The Hall–Kier alpha value is -5.26. The number of aliphatic carboxylic acids is 1. The molecule has 3 aromatic carbocycles. The molecule has 3 unspecified atom stereocenters. The van der Waals surface area contributed by atoms with Crippen LogP contribution in [0, 0.1) is 0 Å². The standard InChI is InChI=1S/C22H28N2O5.C19H17Cl2NO4.C5H12NO4P/c1-21(2)14-22(3,26-5)29-19-13-17(11-12-18(19)21)28-16-9-7-15(8-10-16)23-20(25)24(4)27-6;1-2-26-19(25)16(21)10-11-9-12(7-8-15(11)20)22-17(23)13-5-3-4-6-14(13)18(22)24;1-11(9,10)3-2-4(6)5(7)8/h7-13H,14H2,1-6H3,(H,23,25);7-10H,2-6H2,1H3;4H,2-3,6H2,1H3,(H,7,8)(H,9,10)/b;16-10-;. The van der Waals surface area contributed by atoms with Crippen LogP contribution in [-0.4, -0.2) is 97.4 Å². The normalized spacial score (nSPS) is 18.7. The molecule has 5 N–H and O–H groups in total. The van der Waals surface area contributed by atoms with Crippen LogP contribution in [0.25, 0.3) is 6.08 Å². The van der Waals surface area contributed by atoms with Gasteiger partial charge in [-0.25, -0.2) is 19.6 Å². The summed E-state index contributed by atoms with van der Waals surface area (Å²) >= 11 is 12.1. The monoisotopic (exact) mass is 974 g/mol. The number of benzene rings is 3. The third-order valence-electron chi connectivity index (χ3n) is 10.7. The van der Waals surface area contributed by atoms with E-state index in [0.29, 0.717) is 57.4 Å². The van der Waals surface area contributed by atoms with Crippen molar-refractivity contribution in [2.75, 3.05) is 50.9 Å². The number of fused-ring (bicyclic) bond motifs is 1. The predicted molar refractivity (Wildman–Crippen MR) is 251 cm³/mol. The molecule has 2 aliphatic heterocycles. The quantitative estimate of drug-likeness (QED) is 0.0412. The van der Waals surface area contributed by atoms with Gasteiger partial charge in [-0.2, -0.15) is 0 Å². The summed E-state index contributed by atoms with van der Waals surface area (Å²) in [5, 5.41) is 12.3. The first-order chi connectivity index (χ1) is 30.9. The molecule has 4 amide bonds. The number of carbonyl (C=O) groups excluding carboxylic acids is 4. The highest BCUT2D eigenvalue weighted by molar-refractivity contribution is 7.57. The maximum absolute atomic E-state index is 12.7. The van der Waals surface area contributed by atoms with Gasteiger partial charge in [-0.3, -0.25) is 23.8 Å². The molecule has 17 nitrogen and oxygen atoms in total. The summed E-state index contributed by atoms with van der Waals surface area (Å²) in [5.74, 6) is -0.973. The molecular formula is C46H57Cl2N4O13P. The Bertz CT molecular complexity index is 2370. The Morgan fingerprint density at radius 1 is 1.00 bits per heavy atom. The van der Waals surface area contributed by atoms with Crippen molar-refractivity contribution in [2.24, 2.45) is 5.73 Å². The number of nitrogens with two attached hydrogens (primary N) is 1.